The lowest BCUT2D eigenvalue weighted by Crippen LogP contribution is -2.43. The van der Waals surface area contributed by atoms with Crippen molar-refractivity contribution >= 4 is 17.7 Å². The number of anilines is 1. The van der Waals surface area contributed by atoms with Gasteiger partial charge in [-0.15, -0.1) is 0 Å². The summed E-state index contributed by atoms with van der Waals surface area (Å²) in [5, 5.41) is 2.87. The average molecular weight is 353 g/mol. The van der Waals surface area contributed by atoms with Crippen molar-refractivity contribution in [2.24, 2.45) is 0 Å². The van der Waals surface area contributed by atoms with Crippen LogP contribution in [0.4, 0.5) is 10.1 Å². The Morgan fingerprint density at radius 2 is 1.88 bits per heavy atom. The Kier molecular flexibility index (Phi) is 6.15. The topological polar surface area (TPSA) is 35.6 Å². The van der Waals surface area contributed by atoms with Crippen LogP contribution >= 0.6 is 0 Å². The number of nitrogens with zero attached hydrogens (tertiary/aromatic N) is 2. The van der Waals surface area contributed by atoms with E-state index in [0.29, 0.717) is 5.56 Å². The fraction of sp³-hybridized carbons (Fsp3) is 0.286. The van der Waals surface area contributed by atoms with Crippen molar-refractivity contribution in [1.82, 2.24) is 9.80 Å². The SMILES string of the molecule is CN1CCN(Cc2cccc(NC(=O)/C=C/c3cccc(F)c3)c2)CC1. The molecule has 0 bridgehead atoms. The summed E-state index contributed by atoms with van der Waals surface area (Å²) in [5.41, 5.74) is 2.61. The first-order valence-electron chi connectivity index (χ1n) is 8.83. The number of piperazine rings is 1. The molecule has 1 N–H and O–H groups in total. The predicted octanol–water partition coefficient (Wildman–Crippen LogP) is 3.23. The van der Waals surface area contributed by atoms with Gasteiger partial charge in [-0.2, -0.15) is 0 Å². The van der Waals surface area contributed by atoms with Gasteiger partial charge in [-0.3, -0.25) is 9.69 Å². The van der Waals surface area contributed by atoms with Gasteiger partial charge in [0.25, 0.3) is 0 Å². The highest BCUT2D eigenvalue weighted by Gasteiger charge is 2.13. The standard InChI is InChI=1S/C21H24FN3O/c1-24-10-12-25(13-11-24)16-18-5-3-7-20(15-18)23-21(26)9-8-17-4-2-6-19(22)14-17/h2-9,14-15H,10-13,16H2,1H3,(H,23,26)/b9-8+. The molecule has 2 aromatic carbocycles. The first-order valence-corrected chi connectivity index (χ1v) is 8.83. The van der Waals surface area contributed by atoms with E-state index in [-0.39, 0.29) is 11.7 Å². The average Bonchev–Trinajstić information content (AvgIpc) is 2.62. The molecule has 1 saturated heterocycles. The molecule has 2 aromatic rings. The van der Waals surface area contributed by atoms with Crippen LogP contribution in [0.2, 0.25) is 0 Å². The molecule has 1 aliphatic rings. The van der Waals surface area contributed by atoms with Crippen LogP contribution in [0.5, 0.6) is 0 Å². The van der Waals surface area contributed by atoms with Crippen LogP contribution in [0.15, 0.2) is 54.6 Å². The first kappa shape index (κ1) is 18.3. The minimum absolute atomic E-state index is 0.231. The van der Waals surface area contributed by atoms with E-state index in [2.05, 4.69) is 28.2 Å². The van der Waals surface area contributed by atoms with E-state index in [1.54, 1.807) is 18.2 Å². The van der Waals surface area contributed by atoms with Crippen LogP contribution in [-0.4, -0.2) is 48.9 Å². The Balaban J connectivity index is 1.57. The molecule has 5 heteroatoms. The van der Waals surface area contributed by atoms with Gasteiger partial charge in [0, 0.05) is 44.5 Å². The van der Waals surface area contributed by atoms with Crippen molar-refractivity contribution in [3.05, 3.63) is 71.6 Å². The number of carbonyl (C=O) groups is 1. The van der Waals surface area contributed by atoms with E-state index in [1.165, 1.54) is 23.8 Å². The van der Waals surface area contributed by atoms with E-state index in [0.717, 1.165) is 38.4 Å². The predicted molar refractivity (Wildman–Crippen MR) is 103 cm³/mol. The second kappa shape index (κ2) is 8.74. The Labute approximate surface area is 153 Å². The van der Waals surface area contributed by atoms with Crippen molar-refractivity contribution < 1.29 is 9.18 Å². The zero-order valence-corrected chi connectivity index (χ0v) is 15.0. The van der Waals surface area contributed by atoms with E-state index in [9.17, 15) is 9.18 Å². The summed E-state index contributed by atoms with van der Waals surface area (Å²) < 4.78 is 13.2. The number of nitrogens with one attached hydrogen (secondary N) is 1. The highest BCUT2D eigenvalue weighted by molar-refractivity contribution is 6.01. The Bertz CT molecular complexity index is 782. The Morgan fingerprint density at radius 1 is 1.12 bits per heavy atom. The summed E-state index contributed by atoms with van der Waals surface area (Å²) in [6.07, 6.45) is 3.02. The number of benzene rings is 2. The summed E-state index contributed by atoms with van der Waals surface area (Å²) in [7, 11) is 2.14. The second-order valence-corrected chi connectivity index (χ2v) is 6.66. The fourth-order valence-corrected chi connectivity index (χ4v) is 2.98. The zero-order valence-electron chi connectivity index (χ0n) is 15.0. The molecule has 1 fully saturated rings. The Morgan fingerprint density at radius 3 is 2.65 bits per heavy atom. The number of amides is 1. The van der Waals surface area contributed by atoms with Crippen LogP contribution < -0.4 is 5.32 Å². The molecular formula is C21H24FN3O. The van der Waals surface area contributed by atoms with E-state index in [4.69, 9.17) is 0 Å². The van der Waals surface area contributed by atoms with Gasteiger partial charge in [-0.1, -0.05) is 24.3 Å². The maximum absolute atomic E-state index is 13.2. The van der Waals surface area contributed by atoms with Crippen LogP contribution in [0, 0.1) is 5.82 Å². The van der Waals surface area contributed by atoms with Crippen LogP contribution in [0.25, 0.3) is 6.08 Å². The molecule has 0 aromatic heterocycles. The lowest BCUT2D eigenvalue weighted by Gasteiger charge is -2.32. The minimum atomic E-state index is -0.316. The summed E-state index contributed by atoms with van der Waals surface area (Å²) in [6.45, 7) is 5.17. The maximum atomic E-state index is 13.2. The number of halogens is 1. The van der Waals surface area contributed by atoms with E-state index >= 15 is 0 Å². The van der Waals surface area contributed by atoms with Gasteiger partial charge in [0.05, 0.1) is 0 Å². The largest absolute Gasteiger partial charge is 0.323 e. The maximum Gasteiger partial charge on any atom is 0.248 e. The molecular weight excluding hydrogens is 329 g/mol. The highest BCUT2D eigenvalue weighted by Crippen LogP contribution is 2.14. The van der Waals surface area contributed by atoms with Gasteiger partial charge in [-0.05, 0) is 48.5 Å². The Hall–Kier alpha value is -2.50. The molecule has 1 amide bonds. The number of hydrogen-bond donors (Lipinski definition) is 1. The third kappa shape index (κ3) is 5.51. The summed E-state index contributed by atoms with van der Waals surface area (Å²) in [6, 6.07) is 14.1. The van der Waals surface area contributed by atoms with Crippen LogP contribution in [0.3, 0.4) is 0 Å². The molecule has 3 rings (SSSR count). The molecule has 136 valence electrons. The molecule has 4 nitrogen and oxygen atoms in total. The quantitative estimate of drug-likeness (QED) is 0.839. The second-order valence-electron chi connectivity index (χ2n) is 6.66. The minimum Gasteiger partial charge on any atom is -0.323 e. The summed E-state index contributed by atoms with van der Waals surface area (Å²) in [4.78, 5) is 16.9. The molecule has 0 spiro atoms. The van der Waals surface area contributed by atoms with Crippen molar-refractivity contribution in [3.63, 3.8) is 0 Å². The molecule has 0 saturated carbocycles. The normalized spacial score (nSPS) is 16.1. The van der Waals surface area contributed by atoms with Gasteiger partial charge in [0.2, 0.25) is 5.91 Å². The van der Waals surface area contributed by atoms with Crippen molar-refractivity contribution in [2.45, 2.75) is 6.54 Å². The summed E-state index contributed by atoms with van der Waals surface area (Å²) in [5.74, 6) is -0.546. The van der Waals surface area contributed by atoms with Crippen molar-refractivity contribution in [2.75, 3.05) is 38.5 Å². The number of likely N-dealkylation sites (N-methyl/N-ethyl adjacent to an activating group) is 1. The number of rotatable bonds is 5. The van der Waals surface area contributed by atoms with Gasteiger partial charge in [0.1, 0.15) is 5.82 Å². The monoisotopic (exact) mass is 353 g/mol. The zero-order chi connectivity index (χ0) is 18.4. The van der Waals surface area contributed by atoms with Crippen LogP contribution in [0.1, 0.15) is 11.1 Å². The fourth-order valence-electron chi connectivity index (χ4n) is 2.98. The third-order valence-corrected chi connectivity index (χ3v) is 4.47. The van der Waals surface area contributed by atoms with Gasteiger partial charge < -0.3 is 10.2 Å². The number of carbonyl (C=O) groups excluding carboxylic acids is 1. The lowest BCUT2D eigenvalue weighted by molar-refractivity contribution is -0.111. The molecule has 0 radical (unpaired) electrons. The molecule has 0 aliphatic carbocycles. The third-order valence-electron chi connectivity index (χ3n) is 4.47. The van der Waals surface area contributed by atoms with Crippen molar-refractivity contribution in [1.29, 1.82) is 0 Å². The first-order chi connectivity index (χ1) is 12.6. The molecule has 0 unspecified atom stereocenters. The van der Waals surface area contributed by atoms with Crippen LogP contribution in [-0.2, 0) is 11.3 Å². The smallest absolute Gasteiger partial charge is 0.248 e. The molecule has 0 atom stereocenters. The molecule has 1 aliphatic heterocycles. The van der Waals surface area contributed by atoms with Gasteiger partial charge >= 0.3 is 0 Å². The number of hydrogen-bond acceptors (Lipinski definition) is 3. The van der Waals surface area contributed by atoms with Crippen molar-refractivity contribution in [3.8, 4) is 0 Å². The van der Waals surface area contributed by atoms with Gasteiger partial charge in [0.15, 0.2) is 0 Å². The molecule has 1 heterocycles. The van der Waals surface area contributed by atoms with E-state index < -0.39 is 0 Å². The lowest BCUT2D eigenvalue weighted by atomic mass is 10.1. The summed E-state index contributed by atoms with van der Waals surface area (Å²) >= 11 is 0. The van der Waals surface area contributed by atoms with E-state index in [1.807, 2.05) is 18.2 Å². The molecule has 26 heavy (non-hydrogen) atoms. The van der Waals surface area contributed by atoms with Gasteiger partial charge in [-0.25, -0.2) is 4.39 Å². The highest BCUT2D eigenvalue weighted by atomic mass is 19.1.